The van der Waals surface area contributed by atoms with Crippen molar-refractivity contribution in [2.24, 2.45) is 0 Å². The van der Waals surface area contributed by atoms with Crippen molar-refractivity contribution in [3.8, 4) is 17.1 Å². The molecule has 0 saturated heterocycles. The fraction of sp³-hybridized carbons (Fsp3) is 0.217. The topological polar surface area (TPSA) is 71.2 Å². The molecule has 2 aromatic carbocycles. The number of rotatable bonds is 4. The molecule has 2 N–H and O–H groups in total. The third kappa shape index (κ3) is 3.42. The van der Waals surface area contributed by atoms with Crippen molar-refractivity contribution >= 4 is 11.0 Å². The number of imidazole rings is 1. The van der Waals surface area contributed by atoms with Gasteiger partial charge < -0.3 is 10.2 Å². The number of hydrogen-bond acceptors (Lipinski definition) is 4. The minimum absolute atomic E-state index is 0.523. The van der Waals surface area contributed by atoms with E-state index in [-0.39, 0.29) is 0 Å². The Morgan fingerprint density at radius 2 is 1.79 bits per heavy atom. The summed E-state index contributed by atoms with van der Waals surface area (Å²) < 4.78 is 1.94. The molecule has 5 heteroatoms. The Morgan fingerprint density at radius 3 is 2.54 bits per heavy atom. The van der Waals surface area contributed by atoms with Gasteiger partial charge in [0.2, 0.25) is 0 Å². The average molecular weight is 373 g/mol. The second kappa shape index (κ2) is 6.86. The van der Waals surface area contributed by atoms with E-state index in [1.54, 1.807) is 27.1 Å². The van der Waals surface area contributed by atoms with Crippen LogP contribution in [0.4, 0.5) is 0 Å². The van der Waals surface area contributed by atoms with Crippen LogP contribution in [0.15, 0.2) is 67.0 Å². The van der Waals surface area contributed by atoms with E-state index in [1.165, 1.54) is 0 Å². The van der Waals surface area contributed by atoms with Gasteiger partial charge in [-0.15, -0.1) is 0 Å². The van der Waals surface area contributed by atoms with Crippen molar-refractivity contribution in [1.29, 1.82) is 0 Å². The van der Waals surface area contributed by atoms with Crippen LogP contribution in [0.2, 0.25) is 0 Å². The lowest BCUT2D eigenvalue weighted by Crippen LogP contribution is -2.15. The van der Waals surface area contributed by atoms with E-state index < -0.39 is 11.7 Å². The van der Waals surface area contributed by atoms with Crippen LogP contribution in [0, 0.1) is 0 Å². The summed E-state index contributed by atoms with van der Waals surface area (Å²) in [6.45, 7) is 5.28. The molecule has 1 unspecified atom stereocenters. The van der Waals surface area contributed by atoms with Gasteiger partial charge in [-0.3, -0.25) is 4.57 Å². The van der Waals surface area contributed by atoms with Crippen molar-refractivity contribution in [2.75, 3.05) is 0 Å². The molecular formula is C23H23N3O2. The van der Waals surface area contributed by atoms with Crippen molar-refractivity contribution in [1.82, 2.24) is 14.5 Å². The van der Waals surface area contributed by atoms with Gasteiger partial charge in [0.15, 0.2) is 0 Å². The molecule has 0 fully saturated rings. The molecule has 2 heterocycles. The fourth-order valence-corrected chi connectivity index (χ4v) is 3.25. The zero-order valence-electron chi connectivity index (χ0n) is 16.2. The average Bonchev–Trinajstić information content (AvgIpc) is 3.11. The maximum Gasteiger partial charge on any atom is 0.139 e. The van der Waals surface area contributed by atoms with Crippen LogP contribution in [0.1, 0.15) is 38.0 Å². The molecule has 2 aromatic heterocycles. The number of aliphatic hydroxyl groups is 2. The highest BCUT2D eigenvalue weighted by Gasteiger charge is 2.17. The third-order valence-corrected chi connectivity index (χ3v) is 4.90. The molecule has 4 rings (SSSR count). The predicted molar refractivity (Wildman–Crippen MR) is 110 cm³/mol. The SMILES string of the molecule is CC(O)c1cccc(-c2cccc(-n3cnc4cc(C(C)(C)O)ccc43)n2)c1. The lowest BCUT2D eigenvalue weighted by Gasteiger charge is -2.17. The van der Waals surface area contributed by atoms with Crippen molar-refractivity contribution in [3.63, 3.8) is 0 Å². The summed E-state index contributed by atoms with van der Waals surface area (Å²) in [5.74, 6) is 0.762. The van der Waals surface area contributed by atoms with Gasteiger partial charge in [-0.05, 0) is 62.2 Å². The first-order chi connectivity index (χ1) is 13.3. The number of aromatic nitrogens is 3. The van der Waals surface area contributed by atoms with E-state index in [4.69, 9.17) is 4.98 Å². The molecule has 28 heavy (non-hydrogen) atoms. The van der Waals surface area contributed by atoms with E-state index in [1.807, 2.05) is 65.2 Å². The Bertz CT molecular complexity index is 1140. The zero-order chi connectivity index (χ0) is 19.9. The first-order valence-corrected chi connectivity index (χ1v) is 9.29. The number of fused-ring (bicyclic) bond motifs is 1. The number of aliphatic hydroxyl groups excluding tert-OH is 1. The summed E-state index contributed by atoms with van der Waals surface area (Å²) in [5.41, 5.74) is 4.28. The van der Waals surface area contributed by atoms with Gasteiger partial charge in [0.05, 0.1) is 28.4 Å². The molecule has 142 valence electrons. The largest absolute Gasteiger partial charge is 0.389 e. The quantitative estimate of drug-likeness (QED) is 0.557. The van der Waals surface area contributed by atoms with Crippen molar-refractivity contribution in [2.45, 2.75) is 32.5 Å². The summed E-state index contributed by atoms with van der Waals surface area (Å²) in [6.07, 6.45) is 1.22. The van der Waals surface area contributed by atoms with Crippen LogP contribution in [0.3, 0.4) is 0 Å². The van der Waals surface area contributed by atoms with Crippen LogP contribution >= 0.6 is 0 Å². The minimum Gasteiger partial charge on any atom is -0.389 e. The first-order valence-electron chi connectivity index (χ1n) is 9.29. The molecule has 0 amide bonds. The van der Waals surface area contributed by atoms with Crippen molar-refractivity contribution in [3.05, 3.63) is 78.1 Å². The van der Waals surface area contributed by atoms with Gasteiger partial charge in [0, 0.05) is 5.56 Å². The maximum atomic E-state index is 10.2. The van der Waals surface area contributed by atoms with E-state index in [9.17, 15) is 10.2 Å². The number of pyridine rings is 1. The number of nitrogens with zero attached hydrogens (tertiary/aromatic N) is 3. The Balaban J connectivity index is 1.77. The Morgan fingerprint density at radius 1 is 1.00 bits per heavy atom. The molecule has 5 nitrogen and oxygen atoms in total. The summed E-state index contributed by atoms with van der Waals surface area (Å²) in [6, 6.07) is 19.4. The molecule has 0 aliphatic rings. The van der Waals surface area contributed by atoms with E-state index >= 15 is 0 Å². The molecule has 0 radical (unpaired) electrons. The van der Waals surface area contributed by atoms with Gasteiger partial charge in [0.1, 0.15) is 12.1 Å². The van der Waals surface area contributed by atoms with E-state index in [0.29, 0.717) is 0 Å². The molecule has 0 bridgehead atoms. The predicted octanol–water partition coefficient (Wildman–Crippen LogP) is 4.37. The Labute approximate surface area is 163 Å². The van der Waals surface area contributed by atoms with Crippen LogP contribution in [0.5, 0.6) is 0 Å². The fourth-order valence-electron chi connectivity index (χ4n) is 3.25. The lowest BCUT2D eigenvalue weighted by molar-refractivity contribution is 0.0787. The maximum absolute atomic E-state index is 10.2. The van der Waals surface area contributed by atoms with Crippen LogP contribution in [0.25, 0.3) is 28.1 Å². The lowest BCUT2D eigenvalue weighted by atomic mass is 9.98. The van der Waals surface area contributed by atoms with Gasteiger partial charge >= 0.3 is 0 Å². The third-order valence-electron chi connectivity index (χ3n) is 4.90. The second-order valence-corrected chi connectivity index (χ2v) is 7.56. The molecular weight excluding hydrogens is 350 g/mol. The van der Waals surface area contributed by atoms with Gasteiger partial charge in [-0.2, -0.15) is 0 Å². The highest BCUT2D eigenvalue weighted by molar-refractivity contribution is 5.78. The Kier molecular flexibility index (Phi) is 4.49. The van der Waals surface area contributed by atoms with Gasteiger partial charge in [-0.1, -0.05) is 30.3 Å². The highest BCUT2D eigenvalue weighted by Crippen LogP contribution is 2.26. The normalized spacial score (nSPS) is 13.0. The standard InChI is InChI=1S/C23H23N3O2/c1-15(27)16-6-4-7-17(12-16)19-8-5-9-22(25-19)26-14-24-20-13-18(23(2,3)28)10-11-21(20)26/h4-15,27-28H,1-3H3. The van der Waals surface area contributed by atoms with Crippen molar-refractivity contribution < 1.29 is 10.2 Å². The molecule has 0 aliphatic carbocycles. The first kappa shape index (κ1) is 18.3. The summed E-state index contributed by atoms with van der Waals surface area (Å²) in [7, 11) is 0. The van der Waals surface area contributed by atoms with Gasteiger partial charge in [-0.25, -0.2) is 9.97 Å². The highest BCUT2D eigenvalue weighted by atomic mass is 16.3. The molecule has 4 aromatic rings. The van der Waals surface area contributed by atoms with Crippen LogP contribution in [-0.4, -0.2) is 24.7 Å². The summed E-state index contributed by atoms with van der Waals surface area (Å²) in [4.78, 5) is 9.29. The summed E-state index contributed by atoms with van der Waals surface area (Å²) >= 11 is 0. The molecule has 1 atom stereocenters. The minimum atomic E-state index is -0.912. The molecule has 0 spiro atoms. The van der Waals surface area contributed by atoms with E-state index in [2.05, 4.69) is 4.98 Å². The second-order valence-electron chi connectivity index (χ2n) is 7.56. The zero-order valence-corrected chi connectivity index (χ0v) is 16.2. The van der Waals surface area contributed by atoms with Crippen LogP contribution in [-0.2, 0) is 5.60 Å². The molecule has 0 aliphatic heterocycles. The molecule has 0 saturated carbocycles. The monoisotopic (exact) mass is 373 g/mol. The number of benzene rings is 2. The summed E-state index contributed by atoms with van der Waals surface area (Å²) in [5, 5.41) is 20.1. The Hall–Kier alpha value is -3.02. The van der Waals surface area contributed by atoms with Gasteiger partial charge in [0.25, 0.3) is 0 Å². The van der Waals surface area contributed by atoms with E-state index in [0.717, 1.165) is 39.2 Å². The van der Waals surface area contributed by atoms with Crippen LogP contribution < -0.4 is 0 Å². The number of hydrogen-bond donors (Lipinski definition) is 2. The smallest absolute Gasteiger partial charge is 0.139 e.